The summed E-state index contributed by atoms with van der Waals surface area (Å²) in [5.41, 5.74) is 12.5. The van der Waals surface area contributed by atoms with Crippen LogP contribution in [0, 0.1) is 0 Å². The Bertz CT molecular complexity index is 657. The number of nitrogens with one attached hydrogen (secondary N) is 1. The molecule has 8 nitrogen and oxygen atoms in total. The summed E-state index contributed by atoms with van der Waals surface area (Å²) in [4.78, 5) is 29.0. The summed E-state index contributed by atoms with van der Waals surface area (Å²) in [6.07, 6.45) is 1.55. The molecule has 0 aliphatic carbocycles. The quantitative estimate of drug-likeness (QED) is 0.654. The Morgan fingerprint density at radius 1 is 1.08 bits per heavy atom. The van der Waals surface area contributed by atoms with Gasteiger partial charge in [0, 0.05) is 6.20 Å². The fraction of sp³-hybridized carbons (Fsp3) is 0.312. The van der Waals surface area contributed by atoms with Gasteiger partial charge in [0.25, 0.3) is 0 Å². The van der Waals surface area contributed by atoms with E-state index in [4.69, 9.17) is 20.9 Å². The summed E-state index contributed by atoms with van der Waals surface area (Å²) < 4.78 is 10.1. The van der Waals surface area contributed by atoms with Gasteiger partial charge in [0.15, 0.2) is 0 Å². The maximum absolute atomic E-state index is 12.4. The predicted octanol–water partition coefficient (Wildman–Crippen LogP) is 0.235. The first kappa shape index (κ1) is 17.3. The molecule has 0 bridgehead atoms. The molecular formula is C16H20N4O4. The Balaban J connectivity index is 2.59. The molecule has 0 amide bonds. The molecule has 1 aliphatic rings. The summed E-state index contributed by atoms with van der Waals surface area (Å²) in [7, 11) is 0. The van der Waals surface area contributed by atoms with Crippen molar-refractivity contribution in [2.75, 3.05) is 13.2 Å². The first-order chi connectivity index (χ1) is 11.5. The number of hydrogen-bond acceptors (Lipinski definition) is 8. The highest BCUT2D eigenvalue weighted by Crippen LogP contribution is 2.36. The molecule has 0 radical (unpaired) electrons. The van der Waals surface area contributed by atoms with Gasteiger partial charge in [-0.3, -0.25) is 4.98 Å². The number of nitrogens with zero attached hydrogens (tertiary/aromatic N) is 1. The van der Waals surface area contributed by atoms with Crippen LogP contribution >= 0.6 is 0 Å². The molecule has 0 atom stereocenters. The van der Waals surface area contributed by atoms with Gasteiger partial charge in [-0.25, -0.2) is 9.59 Å². The van der Waals surface area contributed by atoms with Crippen LogP contribution in [0.25, 0.3) is 0 Å². The zero-order valence-electron chi connectivity index (χ0n) is 13.5. The summed E-state index contributed by atoms with van der Waals surface area (Å²) >= 11 is 0. The van der Waals surface area contributed by atoms with E-state index in [-0.39, 0.29) is 36.0 Å². The second-order valence-corrected chi connectivity index (χ2v) is 4.91. The van der Waals surface area contributed by atoms with E-state index in [0.717, 1.165) is 0 Å². The van der Waals surface area contributed by atoms with Gasteiger partial charge in [-0.1, -0.05) is 6.07 Å². The Hall–Kier alpha value is -3.03. The number of pyridine rings is 1. The summed E-state index contributed by atoms with van der Waals surface area (Å²) in [6, 6.07) is 5.14. The van der Waals surface area contributed by atoms with E-state index < -0.39 is 17.9 Å². The molecule has 1 aliphatic heterocycles. The van der Waals surface area contributed by atoms with Crippen LogP contribution in [0.2, 0.25) is 0 Å². The lowest BCUT2D eigenvalue weighted by molar-refractivity contribution is -0.139. The Labute approximate surface area is 139 Å². The van der Waals surface area contributed by atoms with Crippen LogP contribution in [0.1, 0.15) is 25.5 Å². The summed E-state index contributed by atoms with van der Waals surface area (Å²) in [5, 5.41) is 2.64. The molecule has 24 heavy (non-hydrogen) atoms. The summed E-state index contributed by atoms with van der Waals surface area (Å²) in [5.74, 6) is -2.12. The van der Waals surface area contributed by atoms with Crippen molar-refractivity contribution in [3.8, 4) is 0 Å². The smallest absolute Gasteiger partial charge is 0.338 e. The van der Waals surface area contributed by atoms with Crippen LogP contribution in [0.5, 0.6) is 0 Å². The van der Waals surface area contributed by atoms with E-state index in [1.165, 1.54) is 0 Å². The van der Waals surface area contributed by atoms with Crippen molar-refractivity contribution in [2.24, 2.45) is 11.5 Å². The molecule has 0 saturated heterocycles. The number of hydrogen-bond donors (Lipinski definition) is 3. The SMILES string of the molecule is CCOC(=O)C1=C(N)NC(N)=C(C(=O)OCC)C1c1ccccn1. The number of esters is 2. The van der Waals surface area contributed by atoms with Gasteiger partial charge in [-0.15, -0.1) is 0 Å². The van der Waals surface area contributed by atoms with Gasteiger partial charge >= 0.3 is 11.9 Å². The first-order valence-corrected chi connectivity index (χ1v) is 7.52. The van der Waals surface area contributed by atoms with Crippen molar-refractivity contribution >= 4 is 11.9 Å². The molecule has 1 aromatic heterocycles. The zero-order chi connectivity index (χ0) is 17.7. The van der Waals surface area contributed by atoms with Crippen molar-refractivity contribution < 1.29 is 19.1 Å². The normalized spacial score (nSPS) is 15.1. The molecular weight excluding hydrogens is 312 g/mol. The fourth-order valence-corrected chi connectivity index (χ4v) is 2.45. The number of ether oxygens (including phenoxy) is 2. The monoisotopic (exact) mass is 332 g/mol. The highest BCUT2D eigenvalue weighted by Gasteiger charge is 2.39. The average molecular weight is 332 g/mol. The fourth-order valence-electron chi connectivity index (χ4n) is 2.45. The number of rotatable bonds is 5. The van der Waals surface area contributed by atoms with Crippen LogP contribution in [-0.2, 0) is 19.1 Å². The van der Waals surface area contributed by atoms with Crippen LogP contribution in [0.3, 0.4) is 0 Å². The average Bonchev–Trinajstić information content (AvgIpc) is 2.55. The lowest BCUT2D eigenvalue weighted by Gasteiger charge is -2.28. The number of carbonyl (C=O) groups is 2. The number of carbonyl (C=O) groups excluding carboxylic acids is 2. The minimum atomic E-state index is -0.870. The topological polar surface area (TPSA) is 130 Å². The molecule has 1 aromatic rings. The van der Waals surface area contributed by atoms with Crippen molar-refractivity contribution in [1.29, 1.82) is 0 Å². The molecule has 0 aromatic carbocycles. The van der Waals surface area contributed by atoms with Crippen LogP contribution in [0.4, 0.5) is 0 Å². The Morgan fingerprint density at radius 3 is 2.04 bits per heavy atom. The molecule has 0 unspecified atom stereocenters. The largest absolute Gasteiger partial charge is 0.463 e. The molecule has 5 N–H and O–H groups in total. The zero-order valence-corrected chi connectivity index (χ0v) is 13.5. The van der Waals surface area contributed by atoms with Crippen molar-refractivity contribution in [3.63, 3.8) is 0 Å². The third-order valence-electron chi connectivity index (χ3n) is 3.40. The molecule has 2 rings (SSSR count). The number of nitrogens with two attached hydrogens (primary N) is 2. The van der Waals surface area contributed by atoms with Crippen LogP contribution in [-0.4, -0.2) is 30.1 Å². The van der Waals surface area contributed by atoms with Gasteiger partial charge in [0.1, 0.15) is 11.6 Å². The minimum absolute atomic E-state index is 0.0228. The van der Waals surface area contributed by atoms with Crippen molar-refractivity contribution in [2.45, 2.75) is 19.8 Å². The molecule has 128 valence electrons. The second-order valence-electron chi connectivity index (χ2n) is 4.91. The minimum Gasteiger partial charge on any atom is -0.463 e. The standard InChI is InChI=1S/C16H20N4O4/c1-3-23-15(21)11-10(9-7-5-6-8-19-9)12(16(22)24-4-2)14(18)20-13(11)17/h5-8,10,20H,3-4,17-18H2,1-2H3. The lowest BCUT2D eigenvalue weighted by Crippen LogP contribution is -2.39. The van der Waals surface area contributed by atoms with Gasteiger partial charge in [-0.2, -0.15) is 0 Å². The third kappa shape index (κ3) is 3.32. The lowest BCUT2D eigenvalue weighted by atomic mass is 9.85. The summed E-state index contributed by atoms with van der Waals surface area (Å²) in [6.45, 7) is 3.69. The molecule has 2 heterocycles. The van der Waals surface area contributed by atoms with Gasteiger partial charge < -0.3 is 26.3 Å². The van der Waals surface area contributed by atoms with E-state index in [9.17, 15) is 9.59 Å². The van der Waals surface area contributed by atoms with E-state index in [1.807, 2.05) is 0 Å². The Kier molecular flexibility index (Phi) is 5.41. The van der Waals surface area contributed by atoms with Gasteiger partial charge in [-0.05, 0) is 26.0 Å². The van der Waals surface area contributed by atoms with Crippen LogP contribution < -0.4 is 16.8 Å². The molecule has 8 heteroatoms. The van der Waals surface area contributed by atoms with Crippen molar-refractivity contribution in [1.82, 2.24) is 10.3 Å². The molecule has 0 spiro atoms. The van der Waals surface area contributed by atoms with E-state index in [2.05, 4.69) is 10.3 Å². The van der Waals surface area contributed by atoms with Gasteiger partial charge in [0.2, 0.25) is 0 Å². The van der Waals surface area contributed by atoms with E-state index >= 15 is 0 Å². The molecule has 0 saturated carbocycles. The maximum atomic E-state index is 12.4. The first-order valence-electron chi connectivity index (χ1n) is 7.52. The van der Waals surface area contributed by atoms with E-state index in [1.54, 1.807) is 38.2 Å². The highest BCUT2D eigenvalue weighted by molar-refractivity contribution is 5.99. The highest BCUT2D eigenvalue weighted by atomic mass is 16.5. The Morgan fingerprint density at radius 2 is 1.62 bits per heavy atom. The van der Waals surface area contributed by atoms with E-state index in [0.29, 0.717) is 5.69 Å². The van der Waals surface area contributed by atoms with Crippen LogP contribution in [0.15, 0.2) is 47.2 Å². The van der Waals surface area contributed by atoms with Gasteiger partial charge in [0.05, 0.1) is 36.0 Å². The predicted molar refractivity (Wildman–Crippen MR) is 85.8 cm³/mol. The van der Waals surface area contributed by atoms with Crippen molar-refractivity contribution in [3.05, 3.63) is 52.9 Å². The number of dihydropyridines is 1. The third-order valence-corrected chi connectivity index (χ3v) is 3.40. The second kappa shape index (κ2) is 7.49. The maximum Gasteiger partial charge on any atom is 0.338 e. The molecule has 0 fully saturated rings. The number of aromatic nitrogens is 1.